The van der Waals surface area contributed by atoms with Crippen molar-refractivity contribution >= 4 is 23.2 Å². The maximum absolute atomic E-state index is 6.12. The van der Waals surface area contributed by atoms with Gasteiger partial charge in [-0.25, -0.2) is 0 Å². The molecule has 0 N–H and O–H groups in total. The minimum atomic E-state index is 0.379. The highest BCUT2D eigenvalue weighted by atomic mass is 35.5. The lowest BCUT2D eigenvalue weighted by molar-refractivity contribution is 0.362. The van der Waals surface area contributed by atoms with Gasteiger partial charge in [-0.1, -0.05) is 30.1 Å². The Bertz CT molecular complexity index is 397. The van der Waals surface area contributed by atoms with Crippen molar-refractivity contribution in [1.29, 1.82) is 0 Å². The average Bonchev–Trinajstić information content (AvgIpc) is 2.93. The molecule has 94 valence electrons. The summed E-state index contributed by atoms with van der Waals surface area (Å²) in [6, 6.07) is 3.84. The second kappa shape index (κ2) is 5.05. The topological polar surface area (TPSA) is 21.8 Å². The Hall–Kier alpha value is -0.440. The van der Waals surface area contributed by atoms with Gasteiger partial charge >= 0.3 is 0 Å². The summed E-state index contributed by atoms with van der Waals surface area (Å²) in [6.45, 7) is 4.24. The minimum Gasteiger partial charge on any atom is -0.494 e. The monoisotopic (exact) mass is 274 g/mol. The van der Waals surface area contributed by atoms with Crippen molar-refractivity contribution in [3.8, 4) is 5.75 Å². The predicted octanol–water partition coefficient (Wildman–Crippen LogP) is 4.28. The summed E-state index contributed by atoms with van der Waals surface area (Å²) < 4.78 is 10.6. The molecule has 1 saturated heterocycles. The van der Waals surface area contributed by atoms with E-state index in [2.05, 4.69) is 13.8 Å². The van der Waals surface area contributed by atoms with Crippen LogP contribution in [0.4, 0.5) is 0 Å². The van der Waals surface area contributed by atoms with Crippen LogP contribution in [0.2, 0.25) is 10.0 Å². The van der Waals surface area contributed by atoms with E-state index in [1.807, 2.05) is 12.1 Å². The summed E-state index contributed by atoms with van der Waals surface area (Å²) in [6.07, 6.45) is 1.77. The average molecular weight is 275 g/mol. The molecule has 0 radical (unpaired) electrons. The number of halogens is 2. The molecule has 0 bridgehead atoms. The summed E-state index contributed by atoms with van der Waals surface area (Å²) >= 11 is 12.2. The molecule has 1 aromatic carbocycles. The van der Waals surface area contributed by atoms with Crippen LogP contribution in [0.15, 0.2) is 12.1 Å². The first kappa shape index (κ1) is 13.0. The molecule has 17 heavy (non-hydrogen) atoms. The fourth-order valence-corrected chi connectivity index (χ4v) is 2.68. The highest BCUT2D eigenvalue weighted by Gasteiger charge is 2.35. The summed E-state index contributed by atoms with van der Waals surface area (Å²) in [4.78, 5) is 0. The molecule has 0 saturated carbocycles. The van der Waals surface area contributed by atoms with Gasteiger partial charge < -0.3 is 9.47 Å². The molecular formula is C13H16Cl2O2. The van der Waals surface area contributed by atoms with Crippen LogP contribution in [0.5, 0.6) is 5.75 Å². The molecule has 1 heterocycles. The van der Waals surface area contributed by atoms with Crippen molar-refractivity contribution in [3.05, 3.63) is 27.7 Å². The Kier molecular flexibility index (Phi) is 3.86. The number of hydrogen-bond donors (Lipinski definition) is 0. The molecule has 0 aromatic heterocycles. The van der Waals surface area contributed by atoms with Crippen LogP contribution in [-0.2, 0) is 4.74 Å². The van der Waals surface area contributed by atoms with E-state index in [9.17, 15) is 0 Å². The summed E-state index contributed by atoms with van der Waals surface area (Å²) in [5, 5.41) is 1.12. The van der Waals surface area contributed by atoms with Gasteiger partial charge in [0.25, 0.3) is 0 Å². The number of rotatable bonds is 4. The van der Waals surface area contributed by atoms with Crippen LogP contribution in [0.1, 0.15) is 31.7 Å². The molecule has 2 rings (SSSR count). The molecule has 1 aliphatic rings. The molecule has 0 amide bonds. The third-order valence-electron chi connectivity index (χ3n) is 3.22. The first-order chi connectivity index (χ1) is 8.02. The van der Waals surface area contributed by atoms with Gasteiger partial charge in [-0.3, -0.25) is 0 Å². The molecule has 4 heteroatoms. The minimum absolute atomic E-state index is 0.379. The molecule has 2 nitrogen and oxygen atoms in total. The maximum atomic E-state index is 6.12. The summed E-state index contributed by atoms with van der Waals surface area (Å²) in [5.41, 5.74) is 1.13. The molecule has 0 aliphatic carbocycles. The number of hydrogen-bond acceptors (Lipinski definition) is 2. The first-order valence-corrected chi connectivity index (χ1v) is 6.47. The number of benzene rings is 1. The Labute approximate surface area is 112 Å². The van der Waals surface area contributed by atoms with Crippen molar-refractivity contribution in [3.63, 3.8) is 0 Å². The molecule has 1 fully saturated rings. The van der Waals surface area contributed by atoms with Crippen LogP contribution in [-0.4, -0.2) is 19.3 Å². The third-order valence-corrected chi connectivity index (χ3v) is 3.78. The molecular weight excluding hydrogens is 259 g/mol. The Morgan fingerprint density at radius 2 is 1.88 bits per heavy atom. The van der Waals surface area contributed by atoms with E-state index < -0.39 is 0 Å². The van der Waals surface area contributed by atoms with Crippen molar-refractivity contribution in [1.82, 2.24) is 0 Å². The zero-order valence-electron chi connectivity index (χ0n) is 10.2. The maximum Gasteiger partial charge on any atom is 0.156 e. The Morgan fingerprint density at radius 3 is 2.29 bits per heavy atom. The van der Waals surface area contributed by atoms with Crippen LogP contribution < -0.4 is 4.74 Å². The van der Waals surface area contributed by atoms with Crippen molar-refractivity contribution in [2.24, 2.45) is 0 Å². The lowest BCUT2D eigenvalue weighted by atomic mass is 9.95. The number of methoxy groups -OCH3 is 1. The lowest BCUT2D eigenvalue weighted by Gasteiger charge is -2.13. The van der Waals surface area contributed by atoms with E-state index in [1.165, 1.54) is 0 Å². The highest BCUT2D eigenvalue weighted by Crippen LogP contribution is 2.38. The smallest absolute Gasteiger partial charge is 0.156 e. The highest BCUT2D eigenvalue weighted by molar-refractivity contribution is 6.37. The molecule has 1 aliphatic heterocycles. The van der Waals surface area contributed by atoms with Gasteiger partial charge in [0.1, 0.15) is 0 Å². The lowest BCUT2D eigenvalue weighted by Crippen LogP contribution is -2.00. The largest absolute Gasteiger partial charge is 0.494 e. The SMILES string of the molecule is COc1c(Cl)cc(C(C)CC2OC2C)cc1Cl. The molecule has 0 spiro atoms. The normalized spacial score (nSPS) is 24.5. The van der Waals surface area contributed by atoms with Crippen LogP contribution >= 0.6 is 23.2 Å². The van der Waals surface area contributed by atoms with Crippen molar-refractivity contribution in [2.75, 3.05) is 7.11 Å². The zero-order chi connectivity index (χ0) is 12.6. The third kappa shape index (κ3) is 2.87. The molecule has 3 unspecified atom stereocenters. The van der Waals surface area contributed by atoms with Gasteiger partial charge in [0.2, 0.25) is 0 Å². The first-order valence-electron chi connectivity index (χ1n) is 5.71. The van der Waals surface area contributed by atoms with Gasteiger partial charge in [0.05, 0.1) is 29.4 Å². The zero-order valence-corrected chi connectivity index (χ0v) is 11.7. The van der Waals surface area contributed by atoms with Crippen molar-refractivity contribution in [2.45, 2.75) is 38.4 Å². The number of ether oxygens (including phenoxy) is 2. The van der Waals surface area contributed by atoms with Crippen molar-refractivity contribution < 1.29 is 9.47 Å². The predicted molar refractivity (Wildman–Crippen MR) is 70.4 cm³/mol. The van der Waals surface area contributed by atoms with E-state index in [0.717, 1.165) is 12.0 Å². The van der Waals surface area contributed by atoms with Crippen LogP contribution in [0, 0.1) is 0 Å². The Morgan fingerprint density at radius 1 is 1.35 bits per heavy atom. The van der Waals surface area contributed by atoms with Gasteiger partial charge in [-0.05, 0) is 37.0 Å². The second-order valence-electron chi connectivity index (χ2n) is 4.53. The van der Waals surface area contributed by atoms with Gasteiger partial charge in [-0.15, -0.1) is 0 Å². The van der Waals surface area contributed by atoms with Gasteiger partial charge in [0.15, 0.2) is 5.75 Å². The summed E-state index contributed by atoms with van der Waals surface area (Å²) in [5.74, 6) is 0.922. The van der Waals surface area contributed by atoms with Crippen LogP contribution in [0.25, 0.3) is 0 Å². The van der Waals surface area contributed by atoms with E-state index in [-0.39, 0.29) is 0 Å². The van der Waals surface area contributed by atoms with Crippen LogP contribution in [0.3, 0.4) is 0 Å². The Balaban J connectivity index is 2.15. The number of epoxide rings is 1. The molecule has 3 atom stereocenters. The van der Waals surface area contributed by atoms with E-state index in [1.54, 1.807) is 7.11 Å². The quantitative estimate of drug-likeness (QED) is 0.765. The molecule has 1 aromatic rings. The van der Waals surface area contributed by atoms with E-state index in [0.29, 0.717) is 33.9 Å². The van der Waals surface area contributed by atoms with Gasteiger partial charge in [0, 0.05) is 0 Å². The standard InChI is InChI=1S/C13H16Cl2O2/c1-7(4-12-8(2)17-12)9-5-10(14)13(16-3)11(15)6-9/h5-8,12H,4H2,1-3H3. The summed E-state index contributed by atoms with van der Waals surface area (Å²) in [7, 11) is 1.57. The second-order valence-corrected chi connectivity index (χ2v) is 5.35. The fraction of sp³-hybridized carbons (Fsp3) is 0.538. The van der Waals surface area contributed by atoms with E-state index in [4.69, 9.17) is 32.7 Å². The van der Waals surface area contributed by atoms with E-state index >= 15 is 0 Å². The fourth-order valence-electron chi connectivity index (χ4n) is 2.02. The van der Waals surface area contributed by atoms with Gasteiger partial charge in [-0.2, -0.15) is 0 Å².